The van der Waals surface area contributed by atoms with Gasteiger partial charge in [-0.2, -0.15) is 0 Å². The van der Waals surface area contributed by atoms with E-state index in [9.17, 15) is 22.8 Å². The zero-order chi connectivity index (χ0) is 17.0. The van der Waals surface area contributed by atoms with Crippen molar-refractivity contribution in [1.29, 1.82) is 0 Å². The predicted octanol–water partition coefficient (Wildman–Crippen LogP) is 3.41. The highest BCUT2D eigenvalue weighted by Gasteiger charge is 2.33. The molecule has 8 heteroatoms. The Morgan fingerprint density at radius 2 is 1.65 bits per heavy atom. The molecule has 0 saturated heterocycles. The molecule has 0 unspecified atom stereocenters. The molecule has 1 saturated carbocycles. The van der Waals surface area contributed by atoms with Crippen LogP contribution < -0.4 is 10.1 Å². The molecule has 0 aromatic heterocycles. The van der Waals surface area contributed by atoms with Crippen LogP contribution in [0, 0.1) is 11.8 Å². The van der Waals surface area contributed by atoms with Crippen molar-refractivity contribution >= 4 is 17.6 Å². The summed E-state index contributed by atoms with van der Waals surface area (Å²) in [5, 5.41) is 11.4. The van der Waals surface area contributed by atoms with E-state index < -0.39 is 35.8 Å². The summed E-state index contributed by atoms with van der Waals surface area (Å²) in [5.74, 6) is -2.66. The Bertz CT molecular complexity index is 580. The number of aliphatic carboxylic acids is 1. The van der Waals surface area contributed by atoms with Gasteiger partial charge in [0.25, 0.3) is 0 Å². The number of amides is 1. The predicted molar refractivity (Wildman–Crippen MR) is 74.8 cm³/mol. The van der Waals surface area contributed by atoms with E-state index >= 15 is 0 Å². The maximum absolute atomic E-state index is 12.3. The minimum atomic E-state index is -4.85. The van der Waals surface area contributed by atoms with Crippen LogP contribution in [0.25, 0.3) is 0 Å². The summed E-state index contributed by atoms with van der Waals surface area (Å²) in [7, 11) is 0. The van der Waals surface area contributed by atoms with Crippen LogP contribution in [-0.4, -0.2) is 23.3 Å². The fourth-order valence-corrected chi connectivity index (χ4v) is 2.62. The molecule has 0 spiro atoms. The molecular formula is C15H16F3NO4. The molecular weight excluding hydrogens is 315 g/mol. The van der Waals surface area contributed by atoms with E-state index in [4.69, 9.17) is 5.11 Å². The first-order chi connectivity index (χ1) is 10.8. The molecule has 0 heterocycles. The van der Waals surface area contributed by atoms with E-state index in [1.807, 2.05) is 0 Å². The van der Waals surface area contributed by atoms with Gasteiger partial charge in [0.05, 0.1) is 11.6 Å². The number of hydrogen-bond acceptors (Lipinski definition) is 3. The highest BCUT2D eigenvalue weighted by atomic mass is 19.4. The van der Waals surface area contributed by atoms with Crippen LogP contribution in [0.5, 0.6) is 5.75 Å². The lowest BCUT2D eigenvalue weighted by Crippen LogP contribution is -2.30. The van der Waals surface area contributed by atoms with Gasteiger partial charge in [-0.05, 0) is 37.8 Å². The maximum Gasteiger partial charge on any atom is 0.573 e. The second kappa shape index (κ2) is 6.89. The van der Waals surface area contributed by atoms with Crippen LogP contribution in [0.1, 0.15) is 25.7 Å². The van der Waals surface area contributed by atoms with Crippen molar-refractivity contribution in [3.63, 3.8) is 0 Å². The van der Waals surface area contributed by atoms with Crippen molar-refractivity contribution in [1.82, 2.24) is 0 Å². The summed E-state index contributed by atoms with van der Waals surface area (Å²) < 4.78 is 40.9. The summed E-state index contributed by atoms with van der Waals surface area (Å²) in [6.07, 6.45) is -3.29. The van der Waals surface area contributed by atoms with E-state index in [0.717, 1.165) is 6.07 Å². The molecule has 0 radical (unpaired) electrons. The Morgan fingerprint density at radius 3 is 2.22 bits per heavy atom. The van der Waals surface area contributed by atoms with Crippen molar-refractivity contribution in [3.05, 3.63) is 24.3 Å². The van der Waals surface area contributed by atoms with E-state index in [2.05, 4.69) is 10.1 Å². The number of alkyl halides is 3. The van der Waals surface area contributed by atoms with Crippen molar-refractivity contribution in [3.8, 4) is 5.75 Å². The standard InChI is InChI=1S/C15H16F3NO4/c16-15(17,18)23-12-4-2-1-3-11(12)19-13(20)9-5-7-10(8-6-9)14(21)22/h1-4,9-10H,5-8H2,(H,19,20)(H,21,22). The molecule has 0 aliphatic heterocycles. The average molecular weight is 331 g/mol. The lowest BCUT2D eigenvalue weighted by Gasteiger charge is -2.25. The van der Waals surface area contributed by atoms with Gasteiger partial charge >= 0.3 is 12.3 Å². The number of carbonyl (C=O) groups is 2. The molecule has 2 N–H and O–H groups in total. The Balaban J connectivity index is 2.00. The molecule has 1 fully saturated rings. The minimum Gasteiger partial charge on any atom is -0.481 e. The topological polar surface area (TPSA) is 75.6 Å². The number of rotatable bonds is 4. The first kappa shape index (κ1) is 17.1. The van der Waals surface area contributed by atoms with Gasteiger partial charge in [-0.1, -0.05) is 12.1 Å². The molecule has 1 amide bonds. The van der Waals surface area contributed by atoms with Gasteiger partial charge in [-0.15, -0.1) is 13.2 Å². The summed E-state index contributed by atoms with van der Waals surface area (Å²) in [6, 6.07) is 5.29. The van der Waals surface area contributed by atoms with Crippen LogP contribution in [0.2, 0.25) is 0 Å². The number of carboxylic acids is 1. The lowest BCUT2D eigenvalue weighted by molar-refractivity contribution is -0.274. The molecule has 1 aliphatic rings. The quantitative estimate of drug-likeness (QED) is 0.886. The molecule has 126 valence electrons. The van der Waals surface area contributed by atoms with E-state index in [1.165, 1.54) is 18.2 Å². The number of benzene rings is 1. The fourth-order valence-electron chi connectivity index (χ4n) is 2.62. The zero-order valence-corrected chi connectivity index (χ0v) is 12.1. The molecule has 1 aromatic rings. The van der Waals surface area contributed by atoms with Gasteiger partial charge in [-0.3, -0.25) is 9.59 Å². The molecule has 2 rings (SSSR count). The van der Waals surface area contributed by atoms with Crippen LogP contribution in [-0.2, 0) is 9.59 Å². The van der Waals surface area contributed by atoms with Gasteiger partial charge in [0.15, 0.2) is 5.75 Å². The number of hydrogen-bond donors (Lipinski definition) is 2. The summed E-state index contributed by atoms with van der Waals surface area (Å²) in [6.45, 7) is 0. The highest BCUT2D eigenvalue weighted by molar-refractivity contribution is 5.94. The van der Waals surface area contributed by atoms with Crippen LogP contribution in [0.3, 0.4) is 0 Å². The Kier molecular flexibility index (Phi) is 5.12. The largest absolute Gasteiger partial charge is 0.573 e. The van der Waals surface area contributed by atoms with E-state index in [-0.39, 0.29) is 5.69 Å². The SMILES string of the molecule is O=C(O)C1CCC(C(=O)Nc2ccccc2OC(F)(F)F)CC1. The van der Waals surface area contributed by atoms with Gasteiger partial charge in [0.1, 0.15) is 0 Å². The molecule has 0 bridgehead atoms. The summed E-state index contributed by atoms with van der Waals surface area (Å²) >= 11 is 0. The lowest BCUT2D eigenvalue weighted by atomic mass is 9.81. The number of para-hydroxylation sites is 2. The normalized spacial score (nSPS) is 21.5. The summed E-state index contributed by atoms with van der Waals surface area (Å²) in [4.78, 5) is 23.0. The molecule has 0 atom stereocenters. The van der Waals surface area contributed by atoms with Crippen molar-refractivity contribution < 1.29 is 32.6 Å². The van der Waals surface area contributed by atoms with Gasteiger partial charge in [-0.25, -0.2) is 0 Å². The van der Waals surface area contributed by atoms with Crippen LogP contribution in [0.4, 0.5) is 18.9 Å². The monoisotopic (exact) mass is 331 g/mol. The molecule has 5 nitrogen and oxygen atoms in total. The highest BCUT2D eigenvalue weighted by Crippen LogP contribution is 2.33. The first-order valence-electron chi connectivity index (χ1n) is 7.14. The smallest absolute Gasteiger partial charge is 0.481 e. The molecule has 1 aromatic carbocycles. The molecule has 1 aliphatic carbocycles. The maximum atomic E-state index is 12.3. The van der Waals surface area contributed by atoms with Crippen molar-refractivity contribution in [2.45, 2.75) is 32.0 Å². The third-order valence-electron chi connectivity index (χ3n) is 3.82. The Morgan fingerprint density at radius 1 is 1.09 bits per heavy atom. The zero-order valence-electron chi connectivity index (χ0n) is 12.1. The third kappa shape index (κ3) is 4.87. The Hall–Kier alpha value is -2.25. The average Bonchev–Trinajstić information content (AvgIpc) is 2.48. The number of nitrogens with one attached hydrogen (secondary N) is 1. The number of ether oxygens (including phenoxy) is 1. The second-order valence-electron chi connectivity index (χ2n) is 5.42. The second-order valence-corrected chi connectivity index (χ2v) is 5.42. The minimum absolute atomic E-state index is 0.0600. The number of halogens is 3. The Labute approximate surface area is 130 Å². The van der Waals surface area contributed by atoms with Crippen molar-refractivity contribution in [2.24, 2.45) is 11.8 Å². The van der Waals surface area contributed by atoms with Crippen molar-refractivity contribution in [2.75, 3.05) is 5.32 Å². The molecule has 23 heavy (non-hydrogen) atoms. The van der Waals surface area contributed by atoms with Crippen LogP contribution in [0.15, 0.2) is 24.3 Å². The van der Waals surface area contributed by atoms with Gasteiger partial charge in [0, 0.05) is 5.92 Å². The number of carbonyl (C=O) groups excluding carboxylic acids is 1. The fraction of sp³-hybridized carbons (Fsp3) is 0.467. The van der Waals surface area contributed by atoms with E-state index in [0.29, 0.717) is 25.7 Å². The van der Waals surface area contributed by atoms with Gasteiger partial charge in [0.2, 0.25) is 5.91 Å². The van der Waals surface area contributed by atoms with Crippen LogP contribution >= 0.6 is 0 Å². The third-order valence-corrected chi connectivity index (χ3v) is 3.82. The summed E-state index contributed by atoms with van der Waals surface area (Å²) in [5.41, 5.74) is -0.0600. The van der Waals surface area contributed by atoms with Gasteiger partial charge < -0.3 is 15.2 Å². The first-order valence-corrected chi connectivity index (χ1v) is 7.14. The van der Waals surface area contributed by atoms with E-state index in [1.54, 1.807) is 0 Å². The number of anilines is 1. The number of carboxylic acid groups (broad SMARTS) is 1.